The number of carbonyl (C=O) groups excluding carboxylic acids is 2. The van der Waals surface area contributed by atoms with Crippen molar-refractivity contribution in [3.63, 3.8) is 0 Å². The molecule has 0 fully saturated rings. The quantitative estimate of drug-likeness (QED) is 0.0168. The lowest BCUT2D eigenvalue weighted by molar-refractivity contribution is -0.161. The molecule has 0 amide bonds. The van der Waals surface area contributed by atoms with Crippen LogP contribution in [0.4, 0.5) is 0 Å². The summed E-state index contributed by atoms with van der Waals surface area (Å²) in [6.07, 6.45) is 34.2. The number of carbonyl (C=O) groups is 2. The largest absolute Gasteiger partial charge is 0.472 e. The Morgan fingerprint density at radius 3 is 1.57 bits per heavy atom. The third-order valence-corrected chi connectivity index (χ3v) is 10.1. The highest BCUT2D eigenvalue weighted by molar-refractivity contribution is 7.47. The molecule has 58 heavy (non-hydrogen) atoms. The zero-order chi connectivity index (χ0) is 43.2. The fourth-order valence-corrected chi connectivity index (χ4v) is 6.60. The molecule has 0 aliphatic carbocycles. The summed E-state index contributed by atoms with van der Waals surface area (Å²) < 4.78 is 47.6. The summed E-state index contributed by atoms with van der Waals surface area (Å²) in [4.78, 5) is 52.6. The van der Waals surface area contributed by atoms with Gasteiger partial charge >= 0.3 is 27.6 Å². The minimum Gasteiger partial charge on any atom is -0.462 e. The molecule has 0 saturated heterocycles. The lowest BCUT2D eigenvalue weighted by atomic mass is 10.0. The molecule has 16 heteroatoms. The van der Waals surface area contributed by atoms with Crippen LogP contribution in [0.2, 0.25) is 0 Å². The molecule has 0 aromatic carbocycles. The molecule has 0 bridgehead atoms. The maximum Gasteiger partial charge on any atom is 0.472 e. The Labute approximate surface area is 348 Å². The molecule has 0 saturated carbocycles. The fraction of sp³-hybridized carbons (Fsp3) is 0.762. The number of phosphoric acid groups is 2. The Morgan fingerprint density at radius 1 is 0.552 bits per heavy atom. The number of aliphatic hydroxyl groups excluding tert-OH is 2. The zero-order valence-corrected chi connectivity index (χ0v) is 37.0. The van der Waals surface area contributed by atoms with Gasteiger partial charge in [-0.05, 0) is 63.7 Å². The molecule has 14 nitrogen and oxygen atoms in total. The van der Waals surface area contributed by atoms with Crippen molar-refractivity contribution in [2.45, 2.75) is 167 Å². The Kier molecular flexibility index (Phi) is 36.7. The molecular formula is C42H76O14P2. The average molecular weight is 867 g/mol. The Balaban J connectivity index is 4.60. The molecule has 0 aromatic heterocycles. The molecule has 0 aliphatic heterocycles. The van der Waals surface area contributed by atoms with Gasteiger partial charge in [0.15, 0.2) is 6.10 Å². The van der Waals surface area contributed by atoms with Crippen LogP contribution in [-0.4, -0.2) is 82.1 Å². The van der Waals surface area contributed by atoms with E-state index in [0.29, 0.717) is 19.3 Å². The monoisotopic (exact) mass is 866 g/mol. The van der Waals surface area contributed by atoms with Crippen molar-refractivity contribution >= 4 is 27.6 Å². The Bertz CT molecular complexity index is 1230. The van der Waals surface area contributed by atoms with Gasteiger partial charge in [0.1, 0.15) is 12.7 Å². The van der Waals surface area contributed by atoms with Gasteiger partial charge in [-0.15, -0.1) is 0 Å². The molecule has 3 atom stereocenters. The number of hydrogen-bond donors (Lipinski definition) is 5. The highest BCUT2D eigenvalue weighted by Crippen LogP contribution is 2.43. The molecule has 0 spiro atoms. The first kappa shape index (κ1) is 56.0. The van der Waals surface area contributed by atoms with E-state index < -0.39 is 66.2 Å². The van der Waals surface area contributed by atoms with Crippen LogP contribution < -0.4 is 0 Å². The topological polar surface area (TPSA) is 216 Å². The van der Waals surface area contributed by atoms with E-state index in [2.05, 4.69) is 59.4 Å². The van der Waals surface area contributed by atoms with Gasteiger partial charge in [0.25, 0.3) is 0 Å². The summed E-state index contributed by atoms with van der Waals surface area (Å²) in [5.74, 6) is -0.350. The predicted octanol–water partition coefficient (Wildman–Crippen LogP) is 9.50. The number of allylic oxidation sites excluding steroid dienone is 8. The molecule has 338 valence electrons. The van der Waals surface area contributed by atoms with E-state index in [0.717, 1.165) is 76.5 Å². The van der Waals surface area contributed by atoms with Crippen LogP contribution in [0.5, 0.6) is 0 Å². The number of unbranched alkanes of at least 4 members (excludes halogenated alkanes) is 13. The molecule has 0 aliphatic rings. The third-order valence-electron chi connectivity index (χ3n) is 8.69. The second-order valence-electron chi connectivity index (χ2n) is 14.8. The SMILES string of the molecule is CC(C)CCCCCCCCCCCCC(=O)O[C@H](COC(=O)CCC/C=C\C/C=C\C/C=C\C/C=C\CCCCCO)COP(=O)(O)OC[C@@H](O)COP(=O)(O)O. The second kappa shape index (κ2) is 38.0. The van der Waals surface area contributed by atoms with Crippen molar-refractivity contribution in [3.8, 4) is 0 Å². The van der Waals surface area contributed by atoms with Gasteiger partial charge < -0.3 is 34.4 Å². The average Bonchev–Trinajstić information content (AvgIpc) is 3.16. The minimum atomic E-state index is -4.87. The van der Waals surface area contributed by atoms with Crippen LogP contribution >= 0.6 is 15.6 Å². The number of esters is 2. The van der Waals surface area contributed by atoms with Gasteiger partial charge in [-0.2, -0.15) is 0 Å². The summed E-state index contributed by atoms with van der Waals surface area (Å²) in [5, 5.41) is 18.5. The lowest BCUT2D eigenvalue weighted by Gasteiger charge is -2.20. The van der Waals surface area contributed by atoms with E-state index in [4.69, 9.17) is 28.9 Å². The molecule has 0 rings (SSSR count). The number of hydrogen-bond acceptors (Lipinski definition) is 11. The van der Waals surface area contributed by atoms with Gasteiger partial charge in [-0.1, -0.05) is 133 Å². The first-order valence-corrected chi connectivity index (χ1v) is 24.3. The predicted molar refractivity (Wildman–Crippen MR) is 227 cm³/mol. The van der Waals surface area contributed by atoms with Gasteiger partial charge in [-0.3, -0.25) is 23.2 Å². The van der Waals surface area contributed by atoms with E-state index in [1.807, 2.05) is 12.2 Å². The summed E-state index contributed by atoms with van der Waals surface area (Å²) in [6, 6.07) is 0. The van der Waals surface area contributed by atoms with E-state index in [1.54, 1.807) is 0 Å². The van der Waals surface area contributed by atoms with Crippen LogP contribution in [0.15, 0.2) is 48.6 Å². The number of ether oxygens (including phenoxy) is 2. The number of aliphatic hydroxyl groups is 2. The van der Waals surface area contributed by atoms with E-state index in [1.165, 1.54) is 38.5 Å². The van der Waals surface area contributed by atoms with Crippen LogP contribution in [0.25, 0.3) is 0 Å². The van der Waals surface area contributed by atoms with Crippen molar-refractivity contribution in [2.24, 2.45) is 5.92 Å². The first-order chi connectivity index (χ1) is 27.7. The maximum absolute atomic E-state index is 12.6. The lowest BCUT2D eigenvalue weighted by Crippen LogP contribution is -2.30. The molecular weight excluding hydrogens is 790 g/mol. The zero-order valence-electron chi connectivity index (χ0n) is 35.2. The van der Waals surface area contributed by atoms with E-state index >= 15 is 0 Å². The minimum absolute atomic E-state index is 0.109. The van der Waals surface area contributed by atoms with E-state index in [-0.39, 0.29) is 19.4 Å². The van der Waals surface area contributed by atoms with Crippen molar-refractivity contribution in [2.75, 3.05) is 33.0 Å². The van der Waals surface area contributed by atoms with Crippen molar-refractivity contribution < 1.29 is 66.7 Å². The van der Waals surface area contributed by atoms with Crippen LogP contribution in [0.1, 0.15) is 155 Å². The maximum atomic E-state index is 12.6. The summed E-state index contributed by atoms with van der Waals surface area (Å²) in [6.45, 7) is 1.98. The molecule has 0 heterocycles. The molecule has 0 radical (unpaired) electrons. The molecule has 1 unspecified atom stereocenters. The Morgan fingerprint density at radius 2 is 1.02 bits per heavy atom. The smallest absolute Gasteiger partial charge is 0.462 e. The summed E-state index contributed by atoms with van der Waals surface area (Å²) >= 11 is 0. The van der Waals surface area contributed by atoms with Crippen LogP contribution in [0.3, 0.4) is 0 Å². The van der Waals surface area contributed by atoms with Gasteiger partial charge in [-0.25, -0.2) is 9.13 Å². The molecule has 0 aromatic rings. The highest BCUT2D eigenvalue weighted by atomic mass is 31.2. The standard InChI is InChI=1S/C42H76O14P2/c1-38(2)30-26-22-18-14-11-12-16-20-24-28-32-42(46)56-40(37-55-58(50,51)54-35-39(44)34-53-57(47,48)49)36-52-41(45)31-27-23-19-15-10-8-6-4-3-5-7-9-13-17-21-25-29-33-43/h3,5-6,8-9,13,15,19,38-40,43-44H,4,7,10-12,14,16-18,20-37H2,1-2H3,(H,50,51)(H2,47,48,49)/b5-3-,8-6-,13-9-,19-15-/t39-,40+/m0/s1. The Hall–Kier alpha value is -1.96. The van der Waals surface area contributed by atoms with Gasteiger partial charge in [0.2, 0.25) is 0 Å². The second-order valence-corrected chi connectivity index (χ2v) is 17.5. The first-order valence-electron chi connectivity index (χ1n) is 21.3. The summed E-state index contributed by atoms with van der Waals surface area (Å²) in [5.41, 5.74) is 0. The fourth-order valence-electron chi connectivity index (χ4n) is 5.45. The van der Waals surface area contributed by atoms with Gasteiger partial charge in [0, 0.05) is 19.4 Å². The van der Waals surface area contributed by atoms with E-state index in [9.17, 15) is 28.7 Å². The number of phosphoric ester groups is 2. The highest BCUT2D eigenvalue weighted by Gasteiger charge is 2.28. The third kappa shape index (κ3) is 42.2. The van der Waals surface area contributed by atoms with Crippen LogP contribution in [-0.2, 0) is 41.8 Å². The van der Waals surface area contributed by atoms with Gasteiger partial charge in [0.05, 0.1) is 19.8 Å². The molecule has 5 N–H and O–H groups in total. The number of rotatable bonds is 40. The normalized spacial score (nSPS) is 14.6. The van der Waals surface area contributed by atoms with Crippen LogP contribution in [0, 0.1) is 5.92 Å². The van der Waals surface area contributed by atoms with Crippen molar-refractivity contribution in [1.82, 2.24) is 0 Å². The summed E-state index contributed by atoms with van der Waals surface area (Å²) in [7, 11) is -9.69. The van der Waals surface area contributed by atoms with Crippen molar-refractivity contribution in [3.05, 3.63) is 48.6 Å². The van der Waals surface area contributed by atoms with Crippen molar-refractivity contribution in [1.29, 1.82) is 0 Å².